The van der Waals surface area contributed by atoms with Crippen LogP contribution in [0, 0.1) is 23.1 Å². The fourth-order valence-corrected chi connectivity index (χ4v) is 10.1. The summed E-state index contributed by atoms with van der Waals surface area (Å²) in [6.07, 6.45) is 15.7. The summed E-state index contributed by atoms with van der Waals surface area (Å²) in [4.78, 5) is 5.40. The number of hydrogen-bond donors (Lipinski definition) is 0. The highest BCUT2D eigenvalue weighted by Gasteiger charge is 2.44. The van der Waals surface area contributed by atoms with E-state index in [1.54, 1.807) is 30.5 Å². The van der Waals surface area contributed by atoms with Gasteiger partial charge in [0.15, 0.2) is 9.84 Å². The predicted molar refractivity (Wildman–Crippen MR) is 207 cm³/mol. The van der Waals surface area contributed by atoms with Crippen LogP contribution in [-0.2, 0) is 15.4 Å². The number of aromatic nitrogens is 4. The lowest BCUT2D eigenvalue weighted by Gasteiger charge is -2.41. The predicted octanol–water partition coefficient (Wildman–Crippen LogP) is 9.73. The molecule has 7 aromatic rings. The summed E-state index contributed by atoms with van der Waals surface area (Å²) in [6, 6.07) is 36.7. The van der Waals surface area contributed by atoms with Crippen LogP contribution in [0.1, 0.15) is 30.4 Å². The van der Waals surface area contributed by atoms with Crippen LogP contribution in [0.5, 0.6) is 0 Å². The van der Waals surface area contributed by atoms with Gasteiger partial charge in [-0.3, -0.25) is 9.08 Å². The van der Waals surface area contributed by atoms with Gasteiger partial charge < -0.3 is 0 Å². The highest BCUT2D eigenvalue weighted by molar-refractivity contribution is 7.93. The van der Waals surface area contributed by atoms with E-state index in [2.05, 4.69) is 88.7 Å². The molecule has 10 heteroatoms. The maximum absolute atomic E-state index is 14.3. The Morgan fingerprint density at radius 2 is 1.58 bits per heavy atom. The van der Waals surface area contributed by atoms with Crippen LogP contribution in [0.3, 0.4) is 0 Å². The van der Waals surface area contributed by atoms with Crippen molar-refractivity contribution in [2.45, 2.75) is 29.0 Å². The van der Waals surface area contributed by atoms with E-state index in [1.165, 1.54) is 23.5 Å². The minimum absolute atomic E-state index is 0.0121. The Balaban J connectivity index is 1.32. The summed E-state index contributed by atoms with van der Waals surface area (Å²) in [5.74, 6) is -0.393. The first-order valence-corrected chi connectivity index (χ1v) is 19.8. The second-order valence-corrected chi connectivity index (χ2v) is 16.4. The minimum Gasteiger partial charge on any atom is -0.298 e. The van der Waals surface area contributed by atoms with E-state index in [-0.39, 0.29) is 28.1 Å². The molecule has 1 aliphatic rings. The number of fused-ring (bicyclic) bond motifs is 1. The van der Waals surface area contributed by atoms with Gasteiger partial charge in [-0.15, -0.1) is 11.3 Å². The fourth-order valence-electron chi connectivity index (χ4n) is 7.28. The maximum atomic E-state index is 14.3. The number of benzene rings is 3. The second-order valence-electron chi connectivity index (χ2n) is 13.0. The number of halogens is 1. The van der Waals surface area contributed by atoms with Gasteiger partial charge in [0.05, 0.1) is 28.6 Å². The van der Waals surface area contributed by atoms with Crippen molar-refractivity contribution in [3.8, 4) is 39.0 Å². The first-order chi connectivity index (χ1) is 25.9. The molecule has 1 unspecified atom stereocenters. The number of sulfone groups is 1. The number of unbranched alkanes of at least 4 members (excludes halogenated alkanes) is 1. The molecule has 0 bridgehead atoms. The van der Waals surface area contributed by atoms with Crippen molar-refractivity contribution < 1.29 is 12.8 Å². The van der Waals surface area contributed by atoms with Crippen molar-refractivity contribution in [2.24, 2.45) is 5.92 Å². The Bertz CT molecular complexity index is 2580. The lowest BCUT2D eigenvalue weighted by molar-refractivity contribution is 0.293. The average molecular weight is 736 g/mol. The average Bonchev–Trinajstić information content (AvgIpc) is 3.96. The van der Waals surface area contributed by atoms with E-state index in [4.69, 9.17) is 10.4 Å². The summed E-state index contributed by atoms with van der Waals surface area (Å²) in [7, 11) is -3.52. The van der Waals surface area contributed by atoms with Crippen LogP contribution in [0.15, 0.2) is 156 Å². The van der Waals surface area contributed by atoms with Crippen molar-refractivity contribution in [1.82, 2.24) is 19.2 Å². The summed E-state index contributed by atoms with van der Waals surface area (Å²) in [5, 5.41) is 14.3. The third-order valence-corrected chi connectivity index (χ3v) is 13.3. The second kappa shape index (κ2) is 14.3. The number of pyridine rings is 1. The highest BCUT2D eigenvalue weighted by atomic mass is 32.2. The quantitative estimate of drug-likeness (QED) is 0.123. The number of thiophene rings is 1. The molecule has 53 heavy (non-hydrogen) atoms. The van der Waals surface area contributed by atoms with Gasteiger partial charge in [0.2, 0.25) is 0 Å². The molecule has 0 spiro atoms. The molecule has 1 atom stereocenters. The molecule has 8 rings (SSSR count). The molecule has 4 aromatic heterocycles. The molecule has 0 N–H and O–H groups in total. The molecule has 0 radical (unpaired) electrons. The first kappa shape index (κ1) is 34.2. The van der Waals surface area contributed by atoms with Crippen molar-refractivity contribution >= 4 is 26.8 Å². The Labute approximate surface area is 311 Å². The number of allylic oxidation sites excluding steroid dienone is 4. The monoisotopic (exact) mass is 735 g/mol. The third-order valence-electron chi connectivity index (χ3n) is 9.80. The lowest BCUT2D eigenvalue weighted by Crippen LogP contribution is -2.43. The van der Waals surface area contributed by atoms with Crippen LogP contribution in [0.4, 0.5) is 4.39 Å². The largest absolute Gasteiger partial charge is 0.298 e. The topological polar surface area (TPSA) is 93.0 Å². The van der Waals surface area contributed by atoms with Crippen LogP contribution in [0.2, 0.25) is 0 Å². The van der Waals surface area contributed by atoms with Crippen LogP contribution < -0.4 is 0 Å². The van der Waals surface area contributed by atoms with Crippen molar-refractivity contribution in [2.75, 3.05) is 5.75 Å². The summed E-state index contributed by atoms with van der Waals surface area (Å²) < 4.78 is 44.7. The molecule has 1 aliphatic carbocycles. The number of hydrogen-bond acceptors (Lipinski definition) is 6. The molecule has 3 aromatic carbocycles. The molecule has 7 nitrogen and oxygen atoms in total. The molecule has 4 heterocycles. The molecule has 0 amide bonds. The van der Waals surface area contributed by atoms with Gasteiger partial charge in [-0.1, -0.05) is 85.0 Å². The first-order valence-electron chi connectivity index (χ1n) is 17.4. The summed E-state index contributed by atoms with van der Waals surface area (Å²) >= 11 is 1.20. The molecule has 0 fully saturated rings. The van der Waals surface area contributed by atoms with Crippen molar-refractivity contribution in [1.29, 1.82) is 5.26 Å². The van der Waals surface area contributed by atoms with E-state index in [1.807, 2.05) is 40.9 Å². The summed E-state index contributed by atoms with van der Waals surface area (Å²) in [6.45, 7) is 0. The Hall–Kier alpha value is -5.89. The van der Waals surface area contributed by atoms with Crippen LogP contribution in [0.25, 0.3) is 38.6 Å². The minimum atomic E-state index is -3.52. The van der Waals surface area contributed by atoms with E-state index in [0.29, 0.717) is 17.8 Å². The summed E-state index contributed by atoms with van der Waals surface area (Å²) in [5.41, 5.74) is 6.04. The molecular formula is C43H34FN5O2S2. The Morgan fingerprint density at radius 3 is 2.26 bits per heavy atom. The normalized spacial score (nSPS) is 14.5. The van der Waals surface area contributed by atoms with Gasteiger partial charge in [-0.2, -0.15) is 10.4 Å². The van der Waals surface area contributed by atoms with Gasteiger partial charge in [0.25, 0.3) is 0 Å². The molecular weight excluding hydrogens is 702 g/mol. The number of rotatable bonds is 11. The zero-order valence-electron chi connectivity index (χ0n) is 28.6. The molecule has 262 valence electrons. The van der Waals surface area contributed by atoms with Crippen LogP contribution in [-0.4, -0.2) is 33.3 Å². The number of nitrogens with zero attached hydrogens (tertiary/aromatic N) is 5. The van der Waals surface area contributed by atoms with Gasteiger partial charge >= 0.3 is 0 Å². The van der Waals surface area contributed by atoms with Crippen molar-refractivity contribution in [3.05, 3.63) is 169 Å². The van der Waals surface area contributed by atoms with E-state index in [0.717, 1.165) is 44.8 Å². The van der Waals surface area contributed by atoms with Gasteiger partial charge in [0, 0.05) is 41.4 Å². The molecule has 0 saturated carbocycles. The van der Waals surface area contributed by atoms with E-state index in [9.17, 15) is 12.8 Å². The van der Waals surface area contributed by atoms with Gasteiger partial charge in [-0.25, -0.2) is 17.8 Å². The Kier molecular flexibility index (Phi) is 9.21. The molecule has 0 saturated heterocycles. The standard InChI is InChI=1S/C43H34FN5O2S2/c44-36-21-18-31(19-22-36)42-37(32-20-24-40-46-28-38(48(40)29-32)39-23-25-41(52-39)53(50,51)27-11-10-26-45)30-49(47-42)43(33-12-4-1-5-13-33,34-14-6-2-7-15-34)35-16-8-3-9-17-35/h1-9,12-16,18-25,28-30,35H,10-11,17,27H2. The van der Waals surface area contributed by atoms with Crippen LogP contribution >= 0.6 is 11.3 Å². The van der Waals surface area contributed by atoms with Crippen molar-refractivity contribution in [3.63, 3.8) is 0 Å². The zero-order chi connectivity index (χ0) is 36.4. The number of nitriles is 1. The zero-order valence-corrected chi connectivity index (χ0v) is 30.2. The Morgan fingerprint density at radius 1 is 0.868 bits per heavy atom. The lowest BCUT2D eigenvalue weighted by atomic mass is 9.70. The van der Waals surface area contributed by atoms with Gasteiger partial charge in [-0.05, 0) is 72.5 Å². The maximum Gasteiger partial charge on any atom is 0.187 e. The molecule has 0 aliphatic heterocycles. The SMILES string of the molecule is N#CCCCS(=O)(=O)c1ccc(-c2cnc3ccc(-c4cn(C(c5ccccc5)(c5ccccc5)C5C=CC=CC5)nc4-c4ccc(F)cc4)cn23)s1. The van der Waals surface area contributed by atoms with E-state index < -0.39 is 15.4 Å². The highest BCUT2D eigenvalue weighted by Crippen LogP contribution is 2.46. The van der Waals surface area contributed by atoms with Gasteiger partial charge in [0.1, 0.15) is 26.9 Å². The fraction of sp³-hybridized carbons (Fsp3) is 0.140. The third kappa shape index (κ3) is 6.32. The van der Waals surface area contributed by atoms with E-state index >= 15 is 0 Å². The number of imidazole rings is 1. The smallest absolute Gasteiger partial charge is 0.187 e.